The predicted molar refractivity (Wildman–Crippen MR) is 105 cm³/mol. The molecule has 0 aliphatic carbocycles. The molecule has 0 radical (unpaired) electrons. The normalized spacial score (nSPS) is 11.5. The lowest BCUT2D eigenvalue weighted by Gasteiger charge is -2.23. The van der Waals surface area contributed by atoms with Gasteiger partial charge in [0.25, 0.3) is 0 Å². The maximum atomic E-state index is 10.6. The van der Waals surface area contributed by atoms with Crippen LogP contribution in [0.25, 0.3) is 22.3 Å². The molecule has 3 aromatic carbocycles. The zero-order valence-electron chi connectivity index (χ0n) is 13.6. The van der Waals surface area contributed by atoms with Crippen LogP contribution < -0.4 is 0 Å². The minimum absolute atomic E-state index is 0.618. The molecular weight excluding hydrogens is 384 g/mol. The third-order valence-electron chi connectivity index (χ3n) is 4.00. The second-order valence-electron chi connectivity index (χ2n) is 6.30. The number of rotatable bonds is 3. The third kappa shape index (κ3) is 3.56. The SMILES string of the molecule is CC(C)(O)c1cc(Cl)ccc1-c1cc(Br)ccc1-c1ccccc1. The van der Waals surface area contributed by atoms with Crippen LogP contribution in [-0.4, -0.2) is 5.11 Å². The van der Waals surface area contributed by atoms with Crippen LogP contribution >= 0.6 is 27.5 Å². The van der Waals surface area contributed by atoms with Crippen LogP contribution in [0.1, 0.15) is 19.4 Å². The Morgan fingerprint density at radius 2 is 1.50 bits per heavy atom. The Bertz CT molecular complexity index is 867. The van der Waals surface area contributed by atoms with Crippen LogP contribution in [0.15, 0.2) is 71.2 Å². The van der Waals surface area contributed by atoms with E-state index < -0.39 is 5.60 Å². The molecule has 1 N–H and O–H groups in total. The predicted octanol–water partition coefficient (Wildman–Crippen LogP) is 6.66. The van der Waals surface area contributed by atoms with Gasteiger partial charge in [0.15, 0.2) is 0 Å². The standard InChI is InChI=1S/C21H18BrClO/c1-21(2,24)20-13-16(23)9-11-18(20)19-12-15(22)8-10-17(19)14-6-4-3-5-7-14/h3-13,24H,1-2H3. The summed E-state index contributed by atoms with van der Waals surface area (Å²) in [6.45, 7) is 3.56. The van der Waals surface area contributed by atoms with Gasteiger partial charge in [-0.15, -0.1) is 0 Å². The van der Waals surface area contributed by atoms with E-state index in [1.165, 1.54) is 0 Å². The van der Waals surface area contributed by atoms with Gasteiger partial charge in [0.05, 0.1) is 5.60 Å². The molecule has 24 heavy (non-hydrogen) atoms. The minimum atomic E-state index is -0.990. The third-order valence-corrected chi connectivity index (χ3v) is 4.73. The van der Waals surface area contributed by atoms with Crippen molar-refractivity contribution in [3.8, 4) is 22.3 Å². The van der Waals surface area contributed by atoms with Gasteiger partial charge in [-0.2, -0.15) is 0 Å². The highest BCUT2D eigenvalue weighted by Crippen LogP contribution is 2.40. The van der Waals surface area contributed by atoms with E-state index in [-0.39, 0.29) is 0 Å². The molecule has 3 aromatic rings. The smallest absolute Gasteiger partial charge is 0.0847 e. The van der Waals surface area contributed by atoms with Gasteiger partial charge in [0, 0.05) is 9.50 Å². The van der Waals surface area contributed by atoms with Crippen LogP contribution in [0.5, 0.6) is 0 Å². The number of aliphatic hydroxyl groups is 1. The maximum Gasteiger partial charge on any atom is 0.0847 e. The van der Waals surface area contributed by atoms with E-state index in [9.17, 15) is 5.11 Å². The molecule has 0 bridgehead atoms. The lowest BCUT2D eigenvalue weighted by molar-refractivity contribution is 0.0792. The number of benzene rings is 3. The summed E-state index contributed by atoms with van der Waals surface area (Å²) in [6, 6.07) is 22.1. The van der Waals surface area contributed by atoms with E-state index >= 15 is 0 Å². The van der Waals surface area contributed by atoms with Gasteiger partial charge in [-0.05, 0) is 65.9 Å². The van der Waals surface area contributed by atoms with E-state index in [1.807, 2.05) is 42.5 Å². The Morgan fingerprint density at radius 3 is 2.17 bits per heavy atom. The fourth-order valence-corrected chi connectivity index (χ4v) is 3.40. The molecule has 1 nitrogen and oxygen atoms in total. The van der Waals surface area contributed by atoms with Gasteiger partial charge >= 0.3 is 0 Å². The van der Waals surface area contributed by atoms with E-state index in [0.29, 0.717) is 5.02 Å². The van der Waals surface area contributed by atoms with E-state index in [0.717, 1.165) is 32.3 Å². The van der Waals surface area contributed by atoms with Crippen molar-refractivity contribution in [2.45, 2.75) is 19.4 Å². The number of halogens is 2. The van der Waals surface area contributed by atoms with Gasteiger partial charge in [0.2, 0.25) is 0 Å². The molecule has 0 spiro atoms. The van der Waals surface area contributed by atoms with Crippen molar-refractivity contribution in [3.05, 3.63) is 81.8 Å². The minimum Gasteiger partial charge on any atom is -0.386 e. The Hall–Kier alpha value is -1.61. The molecule has 0 saturated carbocycles. The lowest BCUT2D eigenvalue weighted by atomic mass is 9.86. The summed E-state index contributed by atoms with van der Waals surface area (Å²) in [5.74, 6) is 0. The van der Waals surface area contributed by atoms with Crippen LogP contribution in [0.2, 0.25) is 5.02 Å². The Labute approximate surface area is 156 Å². The first-order valence-corrected chi connectivity index (χ1v) is 8.91. The zero-order valence-corrected chi connectivity index (χ0v) is 15.9. The highest BCUT2D eigenvalue weighted by molar-refractivity contribution is 9.10. The molecule has 0 aliphatic heterocycles. The molecule has 0 aliphatic rings. The average molecular weight is 402 g/mol. The molecule has 0 amide bonds. The zero-order chi connectivity index (χ0) is 17.3. The molecule has 0 saturated heterocycles. The monoisotopic (exact) mass is 400 g/mol. The largest absolute Gasteiger partial charge is 0.386 e. The molecule has 3 heteroatoms. The molecular formula is C21H18BrClO. The summed E-state index contributed by atoms with van der Waals surface area (Å²) < 4.78 is 0.994. The summed E-state index contributed by atoms with van der Waals surface area (Å²) >= 11 is 9.75. The Morgan fingerprint density at radius 1 is 0.833 bits per heavy atom. The molecule has 0 atom stereocenters. The first kappa shape index (κ1) is 17.2. The fraction of sp³-hybridized carbons (Fsp3) is 0.143. The van der Waals surface area contributed by atoms with Crippen LogP contribution in [-0.2, 0) is 5.60 Å². The number of hydrogen-bond acceptors (Lipinski definition) is 1. The second-order valence-corrected chi connectivity index (χ2v) is 7.66. The maximum absolute atomic E-state index is 10.6. The number of hydrogen-bond donors (Lipinski definition) is 1. The van der Waals surface area contributed by atoms with Crippen LogP contribution in [0, 0.1) is 0 Å². The van der Waals surface area contributed by atoms with Gasteiger partial charge in [0.1, 0.15) is 0 Å². The highest BCUT2D eigenvalue weighted by atomic mass is 79.9. The van der Waals surface area contributed by atoms with Crippen molar-refractivity contribution >= 4 is 27.5 Å². The lowest BCUT2D eigenvalue weighted by Crippen LogP contribution is -2.17. The van der Waals surface area contributed by atoms with Crippen molar-refractivity contribution in [1.29, 1.82) is 0 Å². The summed E-state index contributed by atoms with van der Waals surface area (Å²) in [6.07, 6.45) is 0. The molecule has 0 unspecified atom stereocenters. The summed E-state index contributed by atoms with van der Waals surface area (Å²) in [4.78, 5) is 0. The van der Waals surface area contributed by atoms with Crippen molar-refractivity contribution in [1.82, 2.24) is 0 Å². The first-order valence-electron chi connectivity index (χ1n) is 7.74. The average Bonchev–Trinajstić information content (AvgIpc) is 2.55. The molecule has 3 rings (SSSR count). The summed E-state index contributed by atoms with van der Waals surface area (Å²) in [7, 11) is 0. The Kier molecular flexibility index (Phi) is 4.82. The van der Waals surface area contributed by atoms with Crippen molar-refractivity contribution < 1.29 is 5.11 Å². The van der Waals surface area contributed by atoms with E-state index in [1.54, 1.807) is 13.8 Å². The molecule has 0 heterocycles. The van der Waals surface area contributed by atoms with Gasteiger partial charge in [-0.1, -0.05) is 70.0 Å². The van der Waals surface area contributed by atoms with Gasteiger partial charge in [-0.3, -0.25) is 0 Å². The molecule has 122 valence electrons. The quantitative estimate of drug-likeness (QED) is 0.520. The van der Waals surface area contributed by atoms with E-state index in [2.05, 4.69) is 40.2 Å². The first-order chi connectivity index (χ1) is 11.4. The van der Waals surface area contributed by atoms with Crippen LogP contribution in [0.3, 0.4) is 0 Å². The van der Waals surface area contributed by atoms with Gasteiger partial charge in [-0.25, -0.2) is 0 Å². The van der Waals surface area contributed by atoms with Crippen LogP contribution in [0.4, 0.5) is 0 Å². The van der Waals surface area contributed by atoms with Crippen molar-refractivity contribution in [2.75, 3.05) is 0 Å². The fourth-order valence-electron chi connectivity index (χ4n) is 2.87. The highest BCUT2D eigenvalue weighted by Gasteiger charge is 2.22. The Balaban J connectivity index is 2.30. The van der Waals surface area contributed by atoms with Crippen molar-refractivity contribution in [2.24, 2.45) is 0 Å². The second kappa shape index (κ2) is 6.72. The van der Waals surface area contributed by atoms with Crippen molar-refractivity contribution in [3.63, 3.8) is 0 Å². The summed E-state index contributed by atoms with van der Waals surface area (Å²) in [5, 5.41) is 11.2. The van der Waals surface area contributed by atoms with E-state index in [4.69, 9.17) is 11.6 Å². The topological polar surface area (TPSA) is 20.2 Å². The molecule has 0 aromatic heterocycles. The molecule has 0 fully saturated rings. The van der Waals surface area contributed by atoms with Gasteiger partial charge < -0.3 is 5.11 Å². The summed E-state index contributed by atoms with van der Waals surface area (Å²) in [5.41, 5.74) is 4.11.